The van der Waals surface area contributed by atoms with Crippen LogP contribution in [0.15, 0.2) is 18.2 Å². The number of quaternary nitrogens is 1. The number of ether oxygens (including phenoxy) is 1. The fourth-order valence-electron chi connectivity index (χ4n) is 3.35. The quantitative estimate of drug-likeness (QED) is 0.723. The average molecular weight is 350 g/mol. The Morgan fingerprint density at radius 1 is 1.08 bits per heavy atom. The fourth-order valence-corrected chi connectivity index (χ4v) is 3.35. The molecule has 4 nitrogen and oxygen atoms in total. The fraction of sp³-hybridized carbons (Fsp3) is 0.667. The van der Waals surface area contributed by atoms with Crippen LogP contribution >= 0.6 is 0 Å². The molecule has 0 radical (unpaired) electrons. The second-order valence-corrected chi connectivity index (χ2v) is 10.2. The largest absolute Gasteiger partial charge is 0.414 e. The molecule has 1 amide bonds. The molecule has 0 saturated carbocycles. The summed E-state index contributed by atoms with van der Waals surface area (Å²) in [5, 5.41) is 0. The zero-order chi connectivity index (χ0) is 19.6. The monoisotopic (exact) mass is 349 g/mol. The van der Waals surface area contributed by atoms with E-state index in [0.717, 1.165) is 23.0 Å². The summed E-state index contributed by atoms with van der Waals surface area (Å²) in [5.41, 5.74) is 2.67. The third kappa shape index (κ3) is 7.07. The minimum atomic E-state index is -0.343. The zero-order valence-electron chi connectivity index (χ0n) is 17.9. The molecular formula is C21H37N2O2+. The topological polar surface area (TPSA) is 29.5 Å². The minimum Gasteiger partial charge on any atom is -0.410 e. The van der Waals surface area contributed by atoms with Crippen LogP contribution in [0.3, 0.4) is 0 Å². The van der Waals surface area contributed by atoms with Crippen molar-refractivity contribution in [3.63, 3.8) is 0 Å². The highest BCUT2D eigenvalue weighted by Gasteiger charge is 2.29. The maximum Gasteiger partial charge on any atom is 0.414 e. The standard InChI is InChI=1S/C21H37N2O2/c1-20(2,3)15-21(4,5)17-11-12-18(25-19(24)22(6)7)16(13-17)14-23(8,9)10/h11-13H,14-15H2,1-10H3/q+1. The van der Waals surface area contributed by atoms with Crippen molar-refractivity contribution in [3.8, 4) is 5.75 Å². The van der Waals surface area contributed by atoms with Gasteiger partial charge in [-0.05, 0) is 34.9 Å². The van der Waals surface area contributed by atoms with E-state index in [0.29, 0.717) is 5.75 Å². The van der Waals surface area contributed by atoms with Crippen LogP contribution in [0, 0.1) is 5.41 Å². The van der Waals surface area contributed by atoms with Crippen LogP contribution in [0.1, 0.15) is 52.2 Å². The number of hydrogen-bond donors (Lipinski definition) is 0. The SMILES string of the molecule is CN(C)C(=O)Oc1ccc(C(C)(C)CC(C)(C)C)cc1C[N+](C)(C)C. The van der Waals surface area contributed by atoms with Gasteiger partial charge in [-0.3, -0.25) is 0 Å². The third-order valence-electron chi connectivity index (χ3n) is 4.02. The molecule has 0 aliphatic carbocycles. The van der Waals surface area contributed by atoms with Crippen LogP contribution in [0.2, 0.25) is 0 Å². The van der Waals surface area contributed by atoms with Gasteiger partial charge in [0.05, 0.1) is 21.1 Å². The highest BCUT2D eigenvalue weighted by Crippen LogP contribution is 2.38. The summed E-state index contributed by atoms with van der Waals surface area (Å²) in [6, 6.07) is 6.27. The van der Waals surface area contributed by atoms with Gasteiger partial charge in [-0.1, -0.05) is 40.7 Å². The maximum atomic E-state index is 12.0. The lowest BCUT2D eigenvalue weighted by molar-refractivity contribution is -0.884. The molecule has 1 aromatic carbocycles. The molecular weight excluding hydrogens is 312 g/mol. The van der Waals surface area contributed by atoms with Gasteiger partial charge in [-0.15, -0.1) is 0 Å². The molecule has 0 aliphatic heterocycles. The van der Waals surface area contributed by atoms with Crippen LogP contribution in [0.25, 0.3) is 0 Å². The van der Waals surface area contributed by atoms with E-state index < -0.39 is 0 Å². The van der Waals surface area contributed by atoms with Crippen LogP contribution in [-0.4, -0.2) is 50.7 Å². The Bertz CT molecular complexity index is 605. The van der Waals surface area contributed by atoms with E-state index in [4.69, 9.17) is 4.74 Å². The molecule has 0 fully saturated rings. The first-order valence-electron chi connectivity index (χ1n) is 8.94. The lowest BCUT2D eigenvalue weighted by Crippen LogP contribution is -2.34. The average Bonchev–Trinajstić information content (AvgIpc) is 2.35. The van der Waals surface area contributed by atoms with Crippen LogP contribution < -0.4 is 4.74 Å². The van der Waals surface area contributed by atoms with Gasteiger partial charge in [0.25, 0.3) is 0 Å². The van der Waals surface area contributed by atoms with Crippen molar-refractivity contribution in [2.24, 2.45) is 5.41 Å². The van der Waals surface area contributed by atoms with Crippen molar-refractivity contribution in [2.75, 3.05) is 35.2 Å². The molecule has 0 bridgehead atoms. The summed E-state index contributed by atoms with van der Waals surface area (Å²) < 4.78 is 6.37. The van der Waals surface area contributed by atoms with Crippen molar-refractivity contribution >= 4 is 6.09 Å². The highest BCUT2D eigenvalue weighted by atomic mass is 16.6. The summed E-state index contributed by atoms with van der Waals surface area (Å²) in [6.45, 7) is 12.2. The van der Waals surface area contributed by atoms with E-state index in [1.807, 2.05) is 6.07 Å². The van der Waals surface area contributed by atoms with E-state index in [9.17, 15) is 4.79 Å². The highest BCUT2D eigenvalue weighted by molar-refractivity contribution is 5.70. The summed E-state index contributed by atoms with van der Waals surface area (Å²) in [5.74, 6) is 0.655. The zero-order valence-corrected chi connectivity index (χ0v) is 17.9. The Hall–Kier alpha value is -1.55. The molecule has 0 atom stereocenters. The minimum absolute atomic E-state index is 0.0575. The molecule has 0 spiro atoms. The number of nitrogens with zero attached hydrogens (tertiary/aromatic N) is 2. The summed E-state index contributed by atoms with van der Waals surface area (Å²) in [6.07, 6.45) is 0.741. The first kappa shape index (κ1) is 21.5. The van der Waals surface area contributed by atoms with Gasteiger partial charge in [0.15, 0.2) is 0 Å². The molecule has 0 aromatic heterocycles. The van der Waals surface area contributed by atoms with Crippen molar-refractivity contribution in [3.05, 3.63) is 29.3 Å². The Kier molecular flexibility index (Phi) is 6.33. The lowest BCUT2D eigenvalue weighted by atomic mass is 9.72. The first-order valence-corrected chi connectivity index (χ1v) is 8.94. The predicted molar refractivity (Wildman–Crippen MR) is 105 cm³/mol. The molecule has 1 aromatic rings. The number of carbonyl (C=O) groups is 1. The first-order chi connectivity index (χ1) is 11.1. The maximum absolute atomic E-state index is 12.0. The van der Waals surface area contributed by atoms with Crippen LogP contribution in [0.4, 0.5) is 4.79 Å². The van der Waals surface area contributed by atoms with Gasteiger partial charge in [0.2, 0.25) is 0 Å². The summed E-state index contributed by atoms with van der Waals surface area (Å²) in [7, 11) is 9.82. The molecule has 0 saturated heterocycles. The number of carbonyl (C=O) groups excluding carboxylic acids is 1. The predicted octanol–water partition coefficient (Wildman–Crippen LogP) is 4.67. The van der Waals surface area contributed by atoms with E-state index >= 15 is 0 Å². The number of amides is 1. The van der Waals surface area contributed by atoms with Crippen molar-refractivity contribution in [1.29, 1.82) is 0 Å². The Morgan fingerprint density at radius 2 is 1.64 bits per heavy atom. The van der Waals surface area contributed by atoms with Crippen LogP contribution in [-0.2, 0) is 12.0 Å². The number of benzene rings is 1. The van der Waals surface area contributed by atoms with Gasteiger partial charge in [0.1, 0.15) is 12.3 Å². The van der Waals surface area contributed by atoms with Crippen molar-refractivity contribution in [2.45, 2.75) is 53.0 Å². The third-order valence-corrected chi connectivity index (χ3v) is 4.02. The lowest BCUT2D eigenvalue weighted by Gasteiger charge is -2.34. The van der Waals surface area contributed by atoms with Crippen molar-refractivity contribution in [1.82, 2.24) is 4.90 Å². The summed E-state index contributed by atoms with van der Waals surface area (Å²) in [4.78, 5) is 13.4. The smallest absolute Gasteiger partial charge is 0.410 e. The normalized spacial score (nSPS) is 12.9. The van der Waals surface area contributed by atoms with E-state index in [-0.39, 0.29) is 16.9 Å². The van der Waals surface area contributed by atoms with E-state index in [2.05, 4.69) is 67.9 Å². The molecule has 0 unspecified atom stereocenters. The van der Waals surface area contributed by atoms with Crippen molar-refractivity contribution < 1.29 is 14.0 Å². The molecule has 4 heteroatoms. The molecule has 0 heterocycles. The molecule has 142 valence electrons. The number of rotatable bonds is 5. The van der Waals surface area contributed by atoms with E-state index in [1.54, 1.807) is 14.1 Å². The second-order valence-electron chi connectivity index (χ2n) is 10.2. The Balaban J connectivity index is 3.28. The molecule has 0 N–H and O–H groups in total. The molecule has 25 heavy (non-hydrogen) atoms. The number of hydrogen-bond acceptors (Lipinski definition) is 2. The second kappa shape index (κ2) is 7.36. The van der Waals surface area contributed by atoms with E-state index in [1.165, 1.54) is 10.5 Å². The van der Waals surface area contributed by atoms with Gasteiger partial charge in [0, 0.05) is 19.7 Å². The Morgan fingerprint density at radius 3 is 2.08 bits per heavy atom. The van der Waals surface area contributed by atoms with Gasteiger partial charge >= 0.3 is 6.09 Å². The molecule has 0 aliphatic rings. The Labute approximate surface area is 154 Å². The van der Waals surface area contributed by atoms with Gasteiger partial charge < -0.3 is 14.1 Å². The van der Waals surface area contributed by atoms with Crippen LogP contribution in [0.5, 0.6) is 5.75 Å². The summed E-state index contributed by atoms with van der Waals surface area (Å²) >= 11 is 0. The van der Waals surface area contributed by atoms with Gasteiger partial charge in [-0.25, -0.2) is 4.79 Å². The molecule has 1 rings (SSSR count). The van der Waals surface area contributed by atoms with Gasteiger partial charge in [-0.2, -0.15) is 0 Å².